The molecule has 0 saturated heterocycles. The lowest BCUT2D eigenvalue weighted by Crippen LogP contribution is -2.46. The summed E-state index contributed by atoms with van der Waals surface area (Å²) < 4.78 is 17.5. The lowest BCUT2D eigenvalue weighted by atomic mass is 9.84. The van der Waals surface area contributed by atoms with Crippen molar-refractivity contribution in [2.45, 2.75) is 52.4 Å². The van der Waals surface area contributed by atoms with Gasteiger partial charge in [0.05, 0.1) is 18.3 Å². The third kappa shape index (κ3) is 7.12. The van der Waals surface area contributed by atoms with Gasteiger partial charge in [-0.2, -0.15) is 0 Å². The smallest absolute Gasteiger partial charge is 0.245 e. The number of aliphatic hydroxyl groups excluding tert-OH is 1. The molecule has 2 heterocycles. The molecule has 3 N–H and O–H groups in total. The average Bonchev–Trinajstić information content (AvgIpc) is 3.56. The fourth-order valence-electron chi connectivity index (χ4n) is 4.61. The first-order chi connectivity index (χ1) is 18.7. The number of aromatic nitrogens is 6. The molecule has 0 aliphatic rings. The van der Waals surface area contributed by atoms with E-state index in [1.165, 1.54) is 23.1 Å². The quantitative estimate of drug-likeness (QED) is 0.303. The summed E-state index contributed by atoms with van der Waals surface area (Å²) in [5, 5.41) is 20.7. The molecule has 2 atom stereocenters. The van der Waals surface area contributed by atoms with E-state index in [9.17, 15) is 14.3 Å². The van der Waals surface area contributed by atoms with E-state index in [0.717, 1.165) is 5.56 Å². The van der Waals surface area contributed by atoms with Crippen LogP contribution in [0.2, 0.25) is 0 Å². The maximum atomic E-state index is 14.1. The summed E-state index contributed by atoms with van der Waals surface area (Å²) in [6, 6.07) is 15.3. The van der Waals surface area contributed by atoms with Crippen LogP contribution in [0.5, 0.6) is 0 Å². The van der Waals surface area contributed by atoms with E-state index in [0.29, 0.717) is 30.0 Å². The number of benzene rings is 2. The van der Waals surface area contributed by atoms with Gasteiger partial charge in [0.25, 0.3) is 0 Å². The Morgan fingerprint density at radius 3 is 2.56 bits per heavy atom. The first-order valence-electron chi connectivity index (χ1n) is 12.9. The maximum Gasteiger partial charge on any atom is 0.245 e. The van der Waals surface area contributed by atoms with Crippen molar-refractivity contribution in [2.24, 2.45) is 11.1 Å². The first-order valence-corrected chi connectivity index (χ1v) is 12.9. The number of tetrazole rings is 1. The average molecular weight is 535 g/mol. The minimum Gasteiger partial charge on any atom is -0.395 e. The van der Waals surface area contributed by atoms with Gasteiger partial charge < -0.3 is 20.3 Å². The molecule has 206 valence electrons. The number of nitrogens with two attached hydrogens (primary N) is 1. The fraction of sp³-hybridized carbons (Fsp3) is 0.393. The number of imidazole rings is 1. The molecule has 0 bridgehead atoms. The standard InChI is InChI=1S/C28H35FN8O2/c1-28(2,3)26(37(13-12-23(30)18-38)25(39)17-36-19-31-33-34-36)27-32-24(21-10-7-11-22(29)14-21)16-35(27)15-20-8-5-4-6-9-20/h4-11,14,16,19,23,26,38H,12-13,15,17-18,30H2,1-3H3/t23-,26-/m0/s1. The third-order valence-electron chi connectivity index (χ3n) is 6.48. The number of aliphatic hydroxyl groups is 1. The highest BCUT2D eigenvalue weighted by molar-refractivity contribution is 5.76. The van der Waals surface area contributed by atoms with Gasteiger partial charge in [0.15, 0.2) is 0 Å². The maximum absolute atomic E-state index is 14.1. The molecule has 39 heavy (non-hydrogen) atoms. The third-order valence-corrected chi connectivity index (χ3v) is 6.48. The number of amides is 1. The van der Waals surface area contributed by atoms with Crippen molar-refractivity contribution < 1.29 is 14.3 Å². The molecule has 4 aromatic rings. The van der Waals surface area contributed by atoms with E-state index in [-0.39, 0.29) is 31.4 Å². The Labute approximate surface area is 227 Å². The zero-order chi connectivity index (χ0) is 28.0. The monoisotopic (exact) mass is 534 g/mol. The van der Waals surface area contributed by atoms with Crippen LogP contribution in [0.15, 0.2) is 67.1 Å². The highest BCUT2D eigenvalue weighted by Gasteiger charge is 2.38. The predicted molar refractivity (Wildman–Crippen MR) is 145 cm³/mol. The van der Waals surface area contributed by atoms with E-state index in [1.54, 1.807) is 11.0 Å². The molecule has 4 rings (SSSR count). The molecule has 0 aliphatic carbocycles. The summed E-state index contributed by atoms with van der Waals surface area (Å²) in [4.78, 5) is 20.5. The van der Waals surface area contributed by atoms with Gasteiger partial charge in [0, 0.05) is 30.9 Å². The minimum atomic E-state index is -0.488. The minimum absolute atomic E-state index is 0.0654. The van der Waals surface area contributed by atoms with Crippen molar-refractivity contribution in [3.8, 4) is 11.3 Å². The van der Waals surface area contributed by atoms with Crippen molar-refractivity contribution in [3.63, 3.8) is 0 Å². The molecule has 0 saturated carbocycles. The fourth-order valence-corrected chi connectivity index (χ4v) is 4.61. The Morgan fingerprint density at radius 2 is 1.92 bits per heavy atom. The number of nitrogens with zero attached hydrogens (tertiary/aromatic N) is 7. The van der Waals surface area contributed by atoms with Gasteiger partial charge in [-0.25, -0.2) is 14.1 Å². The van der Waals surface area contributed by atoms with E-state index < -0.39 is 17.5 Å². The SMILES string of the molecule is CC(C)(C)[C@H](c1nc(-c2cccc(F)c2)cn1Cc1ccccc1)N(CC[C@H](N)CO)C(=O)Cn1cnnn1. The Kier molecular flexibility index (Phi) is 8.82. The molecule has 0 fully saturated rings. The summed E-state index contributed by atoms with van der Waals surface area (Å²) in [5.41, 5.74) is 7.90. The van der Waals surface area contributed by atoms with Crippen LogP contribution in [0, 0.1) is 11.2 Å². The number of hydrogen-bond donors (Lipinski definition) is 2. The van der Waals surface area contributed by atoms with Gasteiger partial charge in [-0.15, -0.1) is 5.10 Å². The first kappa shape index (κ1) is 28.1. The molecule has 2 aromatic carbocycles. The number of halogens is 1. The molecule has 11 heteroatoms. The summed E-state index contributed by atoms with van der Waals surface area (Å²) >= 11 is 0. The van der Waals surface area contributed by atoms with Crippen LogP contribution in [-0.2, 0) is 17.9 Å². The molecule has 10 nitrogen and oxygen atoms in total. The lowest BCUT2D eigenvalue weighted by molar-refractivity contribution is -0.137. The van der Waals surface area contributed by atoms with Gasteiger partial charge in [0.2, 0.25) is 5.91 Å². The second-order valence-corrected chi connectivity index (χ2v) is 10.7. The van der Waals surface area contributed by atoms with Gasteiger partial charge >= 0.3 is 0 Å². The van der Waals surface area contributed by atoms with Gasteiger partial charge in [0.1, 0.15) is 24.5 Å². The number of carbonyl (C=O) groups is 1. The molecule has 0 unspecified atom stereocenters. The zero-order valence-corrected chi connectivity index (χ0v) is 22.5. The van der Waals surface area contributed by atoms with Crippen molar-refractivity contribution in [3.05, 3.63) is 84.3 Å². The van der Waals surface area contributed by atoms with Crippen LogP contribution in [-0.4, -0.2) is 64.9 Å². The largest absolute Gasteiger partial charge is 0.395 e. The molecule has 0 aliphatic heterocycles. The van der Waals surface area contributed by atoms with Gasteiger partial charge in [-0.05, 0) is 40.0 Å². The lowest BCUT2D eigenvalue weighted by Gasteiger charge is -2.40. The van der Waals surface area contributed by atoms with E-state index in [4.69, 9.17) is 10.7 Å². The summed E-state index contributed by atoms with van der Waals surface area (Å²) in [6.07, 6.45) is 3.68. The van der Waals surface area contributed by atoms with Crippen molar-refractivity contribution in [1.82, 2.24) is 34.7 Å². The predicted octanol–water partition coefficient (Wildman–Crippen LogP) is 3.05. The summed E-state index contributed by atoms with van der Waals surface area (Å²) in [6.45, 7) is 6.68. The van der Waals surface area contributed by atoms with E-state index in [2.05, 4.69) is 15.5 Å². The summed E-state index contributed by atoms with van der Waals surface area (Å²) in [5.74, 6) is 0.0949. The Morgan fingerprint density at radius 1 is 1.15 bits per heavy atom. The normalized spacial score (nSPS) is 13.3. The van der Waals surface area contributed by atoms with Crippen LogP contribution in [0.3, 0.4) is 0 Å². The molecule has 0 radical (unpaired) electrons. The van der Waals surface area contributed by atoms with Crippen molar-refractivity contribution >= 4 is 5.91 Å². The van der Waals surface area contributed by atoms with Crippen LogP contribution in [0.1, 0.15) is 44.6 Å². The number of carbonyl (C=O) groups excluding carboxylic acids is 1. The van der Waals surface area contributed by atoms with Crippen LogP contribution < -0.4 is 5.73 Å². The van der Waals surface area contributed by atoms with Crippen LogP contribution >= 0.6 is 0 Å². The molecule has 0 spiro atoms. The highest BCUT2D eigenvalue weighted by atomic mass is 19.1. The van der Waals surface area contributed by atoms with Gasteiger partial charge in [-0.1, -0.05) is 63.2 Å². The molecular weight excluding hydrogens is 499 g/mol. The van der Waals surface area contributed by atoms with Crippen LogP contribution in [0.25, 0.3) is 11.3 Å². The molecule has 1 amide bonds. The van der Waals surface area contributed by atoms with E-state index in [1.807, 2.05) is 67.9 Å². The molecular formula is C28H35FN8O2. The topological polar surface area (TPSA) is 128 Å². The molecule has 2 aromatic heterocycles. The van der Waals surface area contributed by atoms with Gasteiger partial charge in [-0.3, -0.25) is 4.79 Å². The summed E-state index contributed by atoms with van der Waals surface area (Å²) in [7, 11) is 0. The second kappa shape index (κ2) is 12.3. The zero-order valence-electron chi connectivity index (χ0n) is 22.5. The Bertz CT molecular complexity index is 1350. The van der Waals surface area contributed by atoms with Crippen LogP contribution in [0.4, 0.5) is 4.39 Å². The highest BCUT2D eigenvalue weighted by Crippen LogP contribution is 2.39. The second-order valence-electron chi connectivity index (χ2n) is 10.7. The van der Waals surface area contributed by atoms with Crippen molar-refractivity contribution in [2.75, 3.05) is 13.2 Å². The van der Waals surface area contributed by atoms with E-state index >= 15 is 0 Å². The van der Waals surface area contributed by atoms with Crippen molar-refractivity contribution in [1.29, 1.82) is 0 Å². The Balaban J connectivity index is 1.82. The number of hydrogen-bond acceptors (Lipinski definition) is 7. The Hall–Kier alpha value is -3.96. The number of rotatable bonds is 11.